The highest BCUT2D eigenvalue weighted by atomic mass is 16.1. The molecule has 0 unspecified atom stereocenters. The Morgan fingerprint density at radius 3 is 2.25 bits per heavy atom. The standard InChI is InChI=1S/C18H21NO/c1-2-5-14-8-10-15(11-9-14)18(20)12-16-6-3-4-7-17(16)13-19/h3-4,6-11H,2,5,12-13,19H2,1H3. The van der Waals surface area contributed by atoms with Gasteiger partial charge in [-0.05, 0) is 23.1 Å². The maximum Gasteiger partial charge on any atom is 0.167 e. The SMILES string of the molecule is CCCc1ccc(C(=O)Cc2ccccc2CN)cc1. The molecule has 0 fully saturated rings. The zero-order valence-electron chi connectivity index (χ0n) is 11.9. The van der Waals surface area contributed by atoms with Crippen LogP contribution in [0.1, 0.15) is 40.4 Å². The van der Waals surface area contributed by atoms with E-state index >= 15 is 0 Å². The van der Waals surface area contributed by atoms with Crippen LogP contribution in [0.2, 0.25) is 0 Å². The van der Waals surface area contributed by atoms with Crippen LogP contribution in [0.4, 0.5) is 0 Å². The number of benzene rings is 2. The predicted molar refractivity (Wildman–Crippen MR) is 82.8 cm³/mol. The van der Waals surface area contributed by atoms with E-state index in [1.54, 1.807) is 0 Å². The van der Waals surface area contributed by atoms with Crippen molar-refractivity contribution in [2.24, 2.45) is 5.73 Å². The second-order valence-electron chi connectivity index (χ2n) is 5.02. The summed E-state index contributed by atoms with van der Waals surface area (Å²) in [6, 6.07) is 15.8. The van der Waals surface area contributed by atoms with Gasteiger partial charge in [0.05, 0.1) is 0 Å². The van der Waals surface area contributed by atoms with Crippen LogP contribution < -0.4 is 5.73 Å². The maximum absolute atomic E-state index is 12.3. The molecule has 2 nitrogen and oxygen atoms in total. The van der Waals surface area contributed by atoms with E-state index in [1.165, 1.54) is 5.56 Å². The first-order valence-corrected chi connectivity index (χ1v) is 7.13. The lowest BCUT2D eigenvalue weighted by atomic mass is 9.98. The summed E-state index contributed by atoms with van der Waals surface area (Å²) in [4.78, 5) is 12.3. The van der Waals surface area contributed by atoms with Crippen molar-refractivity contribution in [3.8, 4) is 0 Å². The van der Waals surface area contributed by atoms with Crippen molar-refractivity contribution >= 4 is 5.78 Å². The van der Waals surface area contributed by atoms with Crippen LogP contribution in [0, 0.1) is 0 Å². The second-order valence-corrected chi connectivity index (χ2v) is 5.02. The van der Waals surface area contributed by atoms with Gasteiger partial charge >= 0.3 is 0 Å². The molecule has 0 bridgehead atoms. The van der Waals surface area contributed by atoms with Crippen LogP contribution >= 0.6 is 0 Å². The number of nitrogens with two attached hydrogens (primary N) is 1. The monoisotopic (exact) mass is 267 g/mol. The first kappa shape index (κ1) is 14.5. The molecule has 0 amide bonds. The number of ketones is 1. The summed E-state index contributed by atoms with van der Waals surface area (Å²) < 4.78 is 0. The predicted octanol–water partition coefficient (Wildman–Crippen LogP) is 3.52. The van der Waals surface area contributed by atoms with Gasteiger partial charge in [0.1, 0.15) is 0 Å². The quantitative estimate of drug-likeness (QED) is 0.814. The molecule has 0 atom stereocenters. The fourth-order valence-corrected chi connectivity index (χ4v) is 2.35. The molecule has 0 aliphatic carbocycles. The second kappa shape index (κ2) is 7.01. The number of hydrogen-bond acceptors (Lipinski definition) is 2. The van der Waals surface area contributed by atoms with Crippen molar-refractivity contribution in [1.29, 1.82) is 0 Å². The van der Waals surface area contributed by atoms with Gasteiger partial charge in [0, 0.05) is 18.5 Å². The lowest BCUT2D eigenvalue weighted by Gasteiger charge is -2.07. The molecule has 0 aliphatic heterocycles. The summed E-state index contributed by atoms with van der Waals surface area (Å²) in [6.07, 6.45) is 2.60. The topological polar surface area (TPSA) is 43.1 Å². The van der Waals surface area contributed by atoms with Gasteiger partial charge in [0.15, 0.2) is 5.78 Å². The van der Waals surface area contributed by atoms with Crippen molar-refractivity contribution in [2.75, 3.05) is 0 Å². The largest absolute Gasteiger partial charge is 0.326 e. The number of carbonyl (C=O) groups excluding carboxylic acids is 1. The van der Waals surface area contributed by atoms with E-state index < -0.39 is 0 Å². The first-order valence-electron chi connectivity index (χ1n) is 7.13. The number of rotatable bonds is 6. The zero-order chi connectivity index (χ0) is 14.4. The van der Waals surface area contributed by atoms with Crippen molar-refractivity contribution in [1.82, 2.24) is 0 Å². The number of aryl methyl sites for hydroxylation is 1. The molecule has 0 saturated carbocycles. The molecule has 0 heterocycles. The highest BCUT2D eigenvalue weighted by Gasteiger charge is 2.09. The summed E-state index contributed by atoms with van der Waals surface area (Å²) in [5.74, 6) is 0.147. The number of carbonyl (C=O) groups is 1. The maximum atomic E-state index is 12.3. The average molecular weight is 267 g/mol. The van der Waals surface area contributed by atoms with Crippen molar-refractivity contribution < 1.29 is 4.79 Å². The Morgan fingerprint density at radius 1 is 1.00 bits per heavy atom. The van der Waals surface area contributed by atoms with Crippen LogP contribution in [-0.4, -0.2) is 5.78 Å². The minimum atomic E-state index is 0.147. The van der Waals surface area contributed by atoms with Gasteiger partial charge in [-0.2, -0.15) is 0 Å². The molecular weight excluding hydrogens is 246 g/mol. The third-order valence-electron chi connectivity index (χ3n) is 3.50. The molecule has 2 heteroatoms. The van der Waals surface area contributed by atoms with Gasteiger partial charge in [-0.15, -0.1) is 0 Å². The lowest BCUT2D eigenvalue weighted by molar-refractivity contribution is 0.0992. The van der Waals surface area contributed by atoms with E-state index in [2.05, 4.69) is 6.92 Å². The van der Waals surface area contributed by atoms with Crippen LogP contribution in [-0.2, 0) is 19.4 Å². The smallest absolute Gasteiger partial charge is 0.167 e. The van der Waals surface area contributed by atoms with Gasteiger partial charge in [-0.25, -0.2) is 0 Å². The van der Waals surface area contributed by atoms with Gasteiger partial charge in [0.25, 0.3) is 0 Å². The summed E-state index contributed by atoms with van der Waals surface area (Å²) in [7, 11) is 0. The molecule has 2 rings (SSSR count). The third-order valence-corrected chi connectivity index (χ3v) is 3.50. The Kier molecular flexibility index (Phi) is 5.08. The lowest BCUT2D eigenvalue weighted by Crippen LogP contribution is -2.08. The molecule has 20 heavy (non-hydrogen) atoms. The van der Waals surface area contributed by atoms with Crippen molar-refractivity contribution in [3.05, 3.63) is 70.8 Å². The summed E-state index contributed by atoms with van der Waals surface area (Å²) >= 11 is 0. The van der Waals surface area contributed by atoms with Crippen molar-refractivity contribution in [2.45, 2.75) is 32.7 Å². The van der Waals surface area contributed by atoms with Crippen LogP contribution in [0.5, 0.6) is 0 Å². The van der Waals surface area contributed by atoms with Gasteiger partial charge in [0.2, 0.25) is 0 Å². The van der Waals surface area contributed by atoms with Gasteiger partial charge < -0.3 is 5.73 Å². The molecule has 0 aromatic heterocycles. The minimum absolute atomic E-state index is 0.147. The van der Waals surface area contributed by atoms with E-state index in [0.717, 1.165) is 29.5 Å². The number of hydrogen-bond donors (Lipinski definition) is 1. The zero-order valence-corrected chi connectivity index (χ0v) is 11.9. The Bertz CT molecular complexity index is 572. The van der Waals surface area contributed by atoms with E-state index in [1.807, 2.05) is 48.5 Å². The Labute approximate surface area is 120 Å². The molecule has 0 spiro atoms. The van der Waals surface area contributed by atoms with Crippen LogP contribution in [0.25, 0.3) is 0 Å². The minimum Gasteiger partial charge on any atom is -0.326 e. The van der Waals surface area contributed by atoms with Gasteiger partial charge in [-0.1, -0.05) is 61.9 Å². The molecule has 2 N–H and O–H groups in total. The summed E-state index contributed by atoms with van der Waals surface area (Å²) in [5.41, 5.74) is 9.84. The molecule has 0 saturated heterocycles. The Balaban J connectivity index is 2.11. The first-order chi connectivity index (χ1) is 9.74. The Morgan fingerprint density at radius 2 is 1.65 bits per heavy atom. The average Bonchev–Trinajstić information content (AvgIpc) is 2.49. The highest BCUT2D eigenvalue weighted by Crippen LogP contribution is 2.13. The molecule has 0 radical (unpaired) electrons. The molecular formula is C18H21NO. The van der Waals surface area contributed by atoms with E-state index in [-0.39, 0.29) is 5.78 Å². The fraction of sp³-hybridized carbons (Fsp3) is 0.278. The van der Waals surface area contributed by atoms with Crippen molar-refractivity contribution in [3.63, 3.8) is 0 Å². The molecule has 104 valence electrons. The normalized spacial score (nSPS) is 10.5. The van der Waals surface area contributed by atoms with Gasteiger partial charge in [-0.3, -0.25) is 4.79 Å². The van der Waals surface area contributed by atoms with E-state index in [0.29, 0.717) is 13.0 Å². The third kappa shape index (κ3) is 3.55. The molecule has 0 aliphatic rings. The summed E-state index contributed by atoms with van der Waals surface area (Å²) in [6.45, 7) is 2.63. The Hall–Kier alpha value is -1.93. The highest BCUT2D eigenvalue weighted by molar-refractivity contribution is 5.97. The van der Waals surface area contributed by atoms with E-state index in [4.69, 9.17) is 5.73 Å². The van der Waals surface area contributed by atoms with E-state index in [9.17, 15) is 4.79 Å². The fourth-order valence-electron chi connectivity index (χ4n) is 2.35. The molecule has 2 aromatic carbocycles. The summed E-state index contributed by atoms with van der Waals surface area (Å²) in [5, 5.41) is 0. The number of Topliss-reactive ketones (excluding diaryl/α,β-unsaturated/α-hetero) is 1. The van der Waals surface area contributed by atoms with Crippen LogP contribution in [0.15, 0.2) is 48.5 Å². The van der Waals surface area contributed by atoms with Crippen LogP contribution in [0.3, 0.4) is 0 Å². The molecule has 2 aromatic rings.